The first kappa shape index (κ1) is 9.75. The number of rotatable bonds is 4. The first-order valence-electron chi connectivity index (χ1n) is 5.71. The van der Waals surface area contributed by atoms with Crippen molar-refractivity contribution in [2.75, 3.05) is 6.61 Å². The Kier molecular flexibility index (Phi) is 2.90. The number of carbonyl (C=O) groups is 1. The summed E-state index contributed by atoms with van der Waals surface area (Å²) in [6, 6.07) is 0. The number of ether oxygens (including phenoxy) is 1. The number of unbranched alkanes of at least 4 members (excludes halogenated alkanes) is 3. The molecule has 2 heteroatoms. The van der Waals surface area contributed by atoms with Crippen molar-refractivity contribution in [2.45, 2.75) is 39.0 Å². The van der Waals surface area contributed by atoms with Crippen LogP contribution in [-0.4, -0.2) is 12.6 Å². The SMILES string of the molecule is CCCCC/C=C1/[C@H]2C(=O)OCC[C@@H]12. The van der Waals surface area contributed by atoms with Crippen molar-refractivity contribution in [3.63, 3.8) is 0 Å². The Hall–Kier alpha value is -0.790. The van der Waals surface area contributed by atoms with Gasteiger partial charge in [-0.25, -0.2) is 0 Å². The molecule has 78 valence electrons. The van der Waals surface area contributed by atoms with E-state index in [0.29, 0.717) is 12.5 Å². The largest absolute Gasteiger partial charge is 0.465 e. The van der Waals surface area contributed by atoms with Crippen LogP contribution in [0.1, 0.15) is 39.0 Å². The van der Waals surface area contributed by atoms with Crippen molar-refractivity contribution < 1.29 is 9.53 Å². The van der Waals surface area contributed by atoms with Crippen LogP contribution in [0.4, 0.5) is 0 Å². The summed E-state index contributed by atoms with van der Waals surface area (Å²) in [6.07, 6.45) is 8.28. The summed E-state index contributed by atoms with van der Waals surface area (Å²) in [4.78, 5) is 11.3. The van der Waals surface area contributed by atoms with Gasteiger partial charge in [0.25, 0.3) is 0 Å². The highest BCUT2D eigenvalue weighted by Gasteiger charge is 2.52. The van der Waals surface area contributed by atoms with Gasteiger partial charge in [-0.3, -0.25) is 4.79 Å². The Morgan fingerprint density at radius 3 is 3.07 bits per heavy atom. The molecule has 1 saturated heterocycles. The van der Waals surface area contributed by atoms with Crippen molar-refractivity contribution in [1.82, 2.24) is 0 Å². The molecular weight excluding hydrogens is 176 g/mol. The van der Waals surface area contributed by atoms with Crippen LogP contribution in [0.15, 0.2) is 11.6 Å². The molecule has 2 nitrogen and oxygen atoms in total. The number of allylic oxidation sites excluding steroid dienone is 1. The molecule has 0 unspecified atom stereocenters. The third-order valence-corrected chi connectivity index (χ3v) is 3.20. The third kappa shape index (κ3) is 1.84. The standard InChI is InChI=1S/C12H18O2/c1-2-3-4-5-6-9-10-7-8-14-12(13)11(9)10/h6,10-11H,2-5,7-8H2,1H3/b9-6+/t10-,11+/m0/s1. The van der Waals surface area contributed by atoms with E-state index in [0.717, 1.165) is 12.8 Å². The highest BCUT2D eigenvalue weighted by molar-refractivity contribution is 5.83. The molecule has 2 aliphatic rings. The normalized spacial score (nSPS) is 32.6. The van der Waals surface area contributed by atoms with Crippen molar-refractivity contribution in [3.8, 4) is 0 Å². The number of fused-ring (bicyclic) bond motifs is 1. The highest BCUT2D eigenvalue weighted by Crippen LogP contribution is 2.51. The average Bonchev–Trinajstić information content (AvgIpc) is 2.88. The quantitative estimate of drug-likeness (QED) is 0.391. The monoisotopic (exact) mass is 194 g/mol. The van der Waals surface area contributed by atoms with Crippen LogP contribution in [0.3, 0.4) is 0 Å². The molecule has 1 heterocycles. The Morgan fingerprint density at radius 2 is 2.36 bits per heavy atom. The van der Waals surface area contributed by atoms with Gasteiger partial charge in [-0.2, -0.15) is 0 Å². The van der Waals surface area contributed by atoms with E-state index in [9.17, 15) is 4.79 Å². The molecule has 0 spiro atoms. The minimum absolute atomic E-state index is 0.0167. The fourth-order valence-corrected chi connectivity index (χ4v) is 2.29. The van der Waals surface area contributed by atoms with Gasteiger partial charge in [0, 0.05) is 5.92 Å². The molecule has 0 radical (unpaired) electrons. The number of carbonyl (C=O) groups excluding carboxylic acids is 1. The number of hydrogen-bond acceptors (Lipinski definition) is 2. The maximum atomic E-state index is 11.3. The van der Waals surface area contributed by atoms with Crippen LogP contribution >= 0.6 is 0 Å². The second-order valence-electron chi connectivity index (χ2n) is 4.24. The van der Waals surface area contributed by atoms with E-state index >= 15 is 0 Å². The zero-order chi connectivity index (χ0) is 9.97. The lowest BCUT2D eigenvalue weighted by Gasteiger charge is -2.07. The minimum atomic E-state index is 0.0167. The van der Waals surface area contributed by atoms with E-state index in [1.54, 1.807) is 0 Å². The van der Waals surface area contributed by atoms with Crippen LogP contribution in [-0.2, 0) is 9.53 Å². The van der Waals surface area contributed by atoms with Crippen molar-refractivity contribution in [2.24, 2.45) is 11.8 Å². The summed E-state index contributed by atoms with van der Waals surface area (Å²) in [5.74, 6) is 0.728. The molecule has 0 aromatic rings. The number of cyclic esters (lactones) is 1. The van der Waals surface area contributed by atoms with Crippen molar-refractivity contribution in [1.29, 1.82) is 0 Å². The average molecular weight is 194 g/mol. The molecule has 1 saturated carbocycles. The van der Waals surface area contributed by atoms with E-state index < -0.39 is 0 Å². The molecule has 2 rings (SSSR count). The summed E-state index contributed by atoms with van der Waals surface area (Å²) < 4.78 is 5.01. The highest BCUT2D eigenvalue weighted by atomic mass is 16.5. The smallest absolute Gasteiger partial charge is 0.313 e. The van der Waals surface area contributed by atoms with Gasteiger partial charge < -0.3 is 4.74 Å². The molecule has 14 heavy (non-hydrogen) atoms. The van der Waals surface area contributed by atoms with Gasteiger partial charge in [-0.1, -0.05) is 31.4 Å². The zero-order valence-corrected chi connectivity index (χ0v) is 8.79. The van der Waals surface area contributed by atoms with Gasteiger partial charge >= 0.3 is 5.97 Å². The molecule has 0 amide bonds. The van der Waals surface area contributed by atoms with Gasteiger partial charge in [0.1, 0.15) is 0 Å². The molecule has 0 aromatic heterocycles. The van der Waals surface area contributed by atoms with Crippen LogP contribution in [0.2, 0.25) is 0 Å². The fourth-order valence-electron chi connectivity index (χ4n) is 2.29. The van der Waals surface area contributed by atoms with Gasteiger partial charge in [-0.05, 0) is 19.3 Å². The van der Waals surface area contributed by atoms with Gasteiger partial charge in [0.15, 0.2) is 0 Å². The fraction of sp³-hybridized carbons (Fsp3) is 0.750. The molecule has 1 aliphatic carbocycles. The Morgan fingerprint density at radius 1 is 1.50 bits per heavy atom. The lowest BCUT2D eigenvalue weighted by Crippen LogP contribution is -2.14. The predicted molar refractivity (Wildman–Crippen MR) is 54.8 cm³/mol. The van der Waals surface area contributed by atoms with E-state index in [-0.39, 0.29) is 11.9 Å². The summed E-state index contributed by atoms with van der Waals surface area (Å²) in [7, 11) is 0. The van der Waals surface area contributed by atoms with Crippen LogP contribution < -0.4 is 0 Å². The summed E-state index contributed by atoms with van der Waals surface area (Å²) in [5, 5.41) is 0. The molecule has 2 fully saturated rings. The van der Waals surface area contributed by atoms with E-state index in [1.807, 2.05) is 0 Å². The maximum absolute atomic E-state index is 11.3. The predicted octanol–water partition coefficient (Wildman–Crippen LogP) is 2.69. The number of hydrogen-bond donors (Lipinski definition) is 0. The molecule has 0 aromatic carbocycles. The lowest BCUT2D eigenvalue weighted by atomic mass is 10.2. The molecule has 1 aliphatic heterocycles. The van der Waals surface area contributed by atoms with Crippen LogP contribution in [0.5, 0.6) is 0 Å². The lowest BCUT2D eigenvalue weighted by molar-refractivity contribution is -0.148. The van der Waals surface area contributed by atoms with Gasteiger partial charge in [0.05, 0.1) is 12.5 Å². The zero-order valence-electron chi connectivity index (χ0n) is 8.79. The molecular formula is C12H18O2. The van der Waals surface area contributed by atoms with E-state index in [1.165, 1.54) is 24.8 Å². The van der Waals surface area contributed by atoms with Crippen LogP contribution in [0.25, 0.3) is 0 Å². The Balaban J connectivity index is 1.80. The second kappa shape index (κ2) is 4.16. The summed E-state index contributed by atoms with van der Waals surface area (Å²) in [5.41, 5.74) is 1.36. The van der Waals surface area contributed by atoms with E-state index in [2.05, 4.69) is 13.0 Å². The Bertz CT molecular complexity index is 255. The summed E-state index contributed by atoms with van der Waals surface area (Å²) in [6.45, 7) is 2.84. The first-order chi connectivity index (χ1) is 6.84. The molecule has 0 bridgehead atoms. The van der Waals surface area contributed by atoms with E-state index in [4.69, 9.17) is 4.74 Å². The Labute approximate surface area is 85.3 Å². The summed E-state index contributed by atoms with van der Waals surface area (Å²) >= 11 is 0. The van der Waals surface area contributed by atoms with Crippen molar-refractivity contribution >= 4 is 5.97 Å². The minimum Gasteiger partial charge on any atom is -0.465 e. The first-order valence-corrected chi connectivity index (χ1v) is 5.71. The molecule has 2 atom stereocenters. The topological polar surface area (TPSA) is 26.3 Å². The third-order valence-electron chi connectivity index (χ3n) is 3.20. The van der Waals surface area contributed by atoms with Gasteiger partial charge in [0.2, 0.25) is 0 Å². The molecule has 0 N–H and O–H groups in total. The van der Waals surface area contributed by atoms with Crippen LogP contribution in [0, 0.1) is 11.8 Å². The second-order valence-corrected chi connectivity index (χ2v) is 4.24. The number of esters is 1. The maximum Gasteiger partial charge on any atom is 0.313 e. The van der Waals surface area contributed by atoms with Gasteiger partial charge in [-0.15, -0.1) is 0 Å². The van der Waals surface area contributed by atoms with Crippen molar-refractivity contribution in [3.05, 3.63) is 11.6 Å².